The number of hydrogen-bond donors (Lipinski definition) is 2. The summed E-state index contributed by atoms with van der Waals surface area (Å²) in [6.45, 7) is 1.83. The summed E-state index contributed by atoms with van der Waals surface area (Å²) < 4.78 is 6.06. The maximum Gasteiger partial charge on any atom is 0.275 e. The third-order valence-electron chi connectivity index (χ3n) is 2.55. The van der Waals surface area contributed by atoms with Gasteiger partial charge in [-0.3, -0.25) is 4.79 Å². The van der Waals surface area contributed by atoms with Gasteiger partial charge in [-0.15, -0.1) is 11.3 Å². The lowest BCUT2D eigenvalue weighted by atomic mass is 10.3. The van der Waals surface area contributed by atoms with Crippen LogP contribution >= 0.6 is 27.3 Å². The number of methoxy groups -OCH3 is 1. The van der Waals surface area contributed by atoms with Crippen LogP contribution in [0.4, 0.5) is 5.69 Å². The molecule has 0 saturated heterocycles. The Bertz CT molecular complexity index is 628. The summed E-state index contributed by atoms with van der Waals surface area (Å²) in [5.74, 6) is 0.300. The highest BCUT2D eigenvalue weighted by Crippen LogP contribution is 2.28. The van der Waals surface area contributed by atoms with Crippen molar-refractivity contribution in [3.05, 3.63) is 38.8 Å². The molecule has 0 spiro atoms. The van der Waals surface area contributed by atoms with E-state index in [1.54, 1.807) is 24.6 Å². The van der Waals surface area contributed by atoms with Gasteiger partial charge in [-0.1, -0.05) is 15.9 Å². The molecule has 3 N–H and O–H groups in total. The van der Waals surface area contributed by atoms with Gasteiger partial charge in [0.15, 0.2) is 0 Å². The lowest BCUT2D eigenvalue weighted by molar-refractivity contribution is 0.102. The van der Waals surface area contributed by atoms with Crippen LogP contribution < -0.4 is 15.8 Å². The highest BCUT2D eigenvalue weighted by molar-refractivity contribution is 9.10. The molecule has 0 bridgehead atoms. The Morgan fingerprint density at radius 2 is 2.30 bits per heavy atom. The zero-order valence-corrected chi connectivity index (χ0v) is 13.4. The third kappa shape index (κ3) is 3.36. The fourth-order valence-electron chi connectivity index (χ4n) is 1.57. The molecule has 1 atom stereocenters. The maximum atomic E-state index is 12.2. The van der Waals surface area contributed by atoms with Crippen molar-refractivity contribution < 1.29 is 9.53 Å². The van der Waals surface area contributed by atoms with Crippen molar-refractivity contribution in [2.45, 2.75) is 13.0 Å². The van der Waals surface area contributed by atoms with E-state index in [1.165, 1.54) is 11.3 Å². The summed E-state index contributed by atoms with van der Waals surface area (Å²) in [5, 5.41) is 5.21. The van der Waals surface area contributed by atoms with Gasteiger partial charge in [-0.25, -0.2) is 4.98 Å². The van der Waals surface area contributed by atoms with Gasteiger partial charge < -0.3 is 15.8 Å². The van der Waals surface area contributed by atoms with Gasteiger partial charge in [0.2, 0.25) is 0 Å². The summed E-state index contributed by atoms with van der Waals surface area (Å²) in [5.41, 5.74) is 6.67. The van der Waals surface area contributed by atoms with Crippen molar-refractivity contribution in [1.82, 2.24) is 4.98 Å². The number of hydrogen-bond acceptors (Lipinski definition) is 5. The summed E-state index contributed by atoms with van der Waals surface area (Å²) in [6, 6.07) is 5.21. The van der Waals surface area contributed by atoms with E-state index in [9.17, 15) is 4.79 Å². The molecular weight excluding hydrogens is 342 g/mol. The molecule has 1 aromatic heterocycles. The Balaban J connectivity index is 2.20. The number of rotatable bonds is 4. The third-order valence-corrected chi connectivity index (χ3v) is 4.09. The molecule has 0 aliphatic rings. The number of benzene rings is 1. The molecule has 0 aliphatic carbocycles. The Labute approximate surface area is 129 Å². The number of nitrogens with zero attached hydrogens (tertiary/aromatic N) is 1. The Hall–Kier alpha value is -1.44. The van der Waals surface area contributed by atoms with Crippen molar-refractivity contribution in [3.63, 3.8) is 0 Å². The van der Waals surface area contributed by atoms with Crippen molar-refractivity contribution in [3.8, 4) is 5.75 Å². The molecule has 1 amide bonds. The topological polar surface area (TPSA) is 77.2 Å². The molecule has 0 aliphatic heterocycles. The molecule has 1 heterocycles. The molecule has 1 unspecified atom stereocenters. The average molecular weight is 356 g/mol. The molecule has 0 saturated carbocycles. The van der Waals surface area contributed by atoms with Crippen molar-refractivity contribution in [2.24, 2.45) is 5.73 Å². The van der Waals surface area contributed by atoms with Crippen LogP contribution in [0.1, 0.15) is 28.5 Å². The first-order valence-electron chi connectivity index (χ1n) is 5.87. The molecule has 2 aromatic rings. The number of halogens is 1. The minimum atomic E-state index is -0.287. The summed E-state index contributed by atoms with van der Waals surface area (Å²) >= 11 is 4.73. The highest BCUT2D eigenvalue weighted by Gasteiger charge is 2.14. The van der Waals surface area contributed by atoms with Gasteiger partial charge in [-0.2, -0.15) is 0 Å². The molecule has 5 nitrogen and oxygen atoms in total. The Morgan fingerprint density at radius 3 is 2.90 bits per heavy atom. The lowest BCUT2D eigenvalue weighted by Crippen LogP contribution is -2.14. The zero-order valence-electron chi connectivity index (χ0n) is 11.0. The number of carbonyl (C=O) groups excluding carboxylic acids is 1. The number of nitrogens with two attached hydrogens (primary N) is 1. The standard InChI is InChI=1S/C13H14BrN3O2S/c1-7(15)13-17-10(6-20-13)12(18)16-9-5-8(14)3-4-11(9)19-2/h3-7H,15H2,1-2H3,(H,16,18). The highest BCUT2D eigenvalue weighted by atomic mass is 79.9. The molecule has 20 heavy (non-hydrogen) atoms. The molecule has 7 heteroatoms. The van der Waals surface area contributed by atoms with E-state index in [0.29, 0.717) is 17.1 Å². The first kappa shape index (κ1) is 15.0. The minimum Gasteiger partial charge on any atom is -0.495 e. The molecular formula is C13H14BrN3O2S. The largest absolute Gasteiger partial charge is 0.495 e. The van der Waals surface area contributed by atoms with Gasteiger partial charge in [0, 0.05) is 9.85 Å². The Kier molecular flexibility index (Phi) is 4.74. The number of thiazole rings is 1. The number of nitrogens with one attached hydrogen (secondary N) is 1. The van der Waals surface area contributed by atoms with E-state index < -0.39 is 0 Å². The van der Waals surface area contributed by atoms with E-state index in [0.717, 1.165) is 9.48 Å². The number of ether oxygens (including phenoxy) is 1. The van der Waals surface area contributed by atoms with Crippen LogP contribution in [0.3, 0.4) is 0 Å². The summed E-state index contributed by atoms with van der Waals surface area (Å²) in [4.78, 5) is 16.4. The van der Waals surface area contributed by atoms with Crippen molar-refractivity contribution in [2.75, 3.05) is 12.4 Å². The lowest BCUT2D eigenvalue weighted by Gasteiger charge is -2.09. The zero-order chi connectivity index (χ0) is 14.7. The number of aromatic nitrogens is 1. The molecule has 2 rings (SSSR count). The van der Waals surface area contributed by atoms with Crippen molar-refractivity contribution in [1.29, 1.82) is 0 Å². The van der Waals surface area contributed by atoms with Crippen LogP contribution in [0.2, 0.25) is 0 Å². The molecule has 0 fully saturated rings. The van der Waals surface area contributed by atoms with E-state index in [4.69, 9.17) is 10.5 Å². The normalized spacial score (nSPS) is 12.0. The number of carbonyl (C=O) groups is 1. The first-order valence-corrected chi connectivity index (χ1v) is 7.54. The fourth-order valence-corrected chi connectivity index (χ4v) is 2.68. The summed E-state index contributed by atoms with van der Waals surface area (Å²) in [6.07, 6.45) is 0. The quantitative estimate of drug-likeness (QED) is 0.882. The molecule has 106 valence electrons. The first-order chi connectivity index (χ1) is 9.51. The predicted molar refractivity (Wildman–Crippen MR) is 83.4 cm³/mol. The smallest absolute Gasteiger partial charge is 0.275 e. The second kappa shape index (κ2) is 6.34. The second-order valence-electron chi connectivity index (χ2n) is 4.16. The van der Waals surface area contributed by atoms with E-state index >= 15 is 0 Å². The van der Waals surface area contributed by atoms with Gasteiger partial charge in [0.25, 0.3) is 5.91 Å². The van der Waals surface area contributed by atoms with Crippen molar-refractivity contribution >= 4 is 38.9 Å². The van der Waals surface area contributed by atoms with Crippen LogP contribution in [-0.2, 0) is 0 Å². The maximum absolute atomic E-state index is 12.2. The monoisotopic (exact) mass is 355 g/mol. The SMILES string of the molecule is COc1ccc(Br)cc1NC(=O)c1csc(C(C)N)n1. The fraction of sp³-hybridized carbons (Fsp3) is 0.231. The molecule has 1 aromatic carbocycles. The van der Waals surface area contributed by atoms with Crippen LogP contribution in [0, 0.1) is 0 Å². The second-order valence-corrected chi connectivity index (χ2v) is 5.96. The average Bonchev–Trinajstić information content (AvgIpc) is 2.89. The Morgan fingerprint density at radius 1 is 1.55 bits per heavy atom. The summed E-state index contributed by atoms with van der Waals surface area (Å²) in [7, 11) is 1.55. The number of anilines is 1. The van der Waals surface area contributed by atoms with Gasteiger partial charge >= 0.3 is 0 Å². The minimum absolute atomic E-state index is 0.179. The van der Waals surface area contributed by atoms with Crippen LogP contribution in [0.25, 0.3) is 0 Å². The number of amides is 1. The van der Waals surface area contributed by atoms with E-state index in [1.807, 2.05) is 13.0 Å². The van der Waals surface area contributed by atoms with Gasteiger partial charge in [-0.05, 0) is 25.1 Å². The molecule has 0 radical (unpaired) electrons. The van der Waals surface area contributed by atoms with Crippen LogP contribution in [-0.4, -0.2) is 18.0 Å². The van der Waals surface area contributed by atoms with Gasteiger partial charge in [0.05, 0.1) is 18.8 Å². The van der Waals surface area contributed by atoms with Crippen LogP contribution in [0.15, 0.2) is 28.1 Å². The van der Waals surface area contributed by atoms with E-state index in [2.05, 4.69) is 26.2 Å². The van der Waals surface area contributed by atoms with Crippen LogP contribution in [0.5, 0.6) is 5.75 Å². The predicted octanol–water partition coefficient (Wildman–Crippen LogP) is 3.19. The van der Waals surface area contributed by atoms with E-state index in [-0.39, 0.29) is 11.9 Å². The van der Waals surface area contributed by atoms with Gasteiger partial charge in [0.1, 0.15) is 16.5 Å².